The van der Waals surface area contributed by atoms with Crippen molar-refractivity contribution in [2.45, 2.75) is 69.7 Å². The number of hydrogen-bond donors (Lipinski definition) is 1. The lowest BCUT2D eigenvalue weighted by Crippen LogP contribution is -2.49. The maximum absolute atomic E-state index is 12.5. The van der Waals surface area contributed by atoms with E-state index in [0.717, 1.165) is 13.1 Å². The minimum absolute atomic E-state index is 0.0988. The molecule has 0 aromatic carbocycles. The Hall–Kier alpha value is -0.570. The maximum Gasteiger partial charge on any atom is 0.224 e. The quantitative estimate of drug-likeness (QED) is 0.837. The van der Waals surface area contributed by atoms with Crippen LogP contribution in [0, 0.1) is 0 Å². The van der Waals surface area contributed by atoms with E-state index in [-0.39, 0.29) is 5.54 Å². The van der Waals surface area contributed by atoms with Crippen molar-refractivity contribution in [3.05, 3.63) is 0 Å². The first-order chi connectivity index (χ1) is 8.76. The van der Waals surface area contributed by atoms with Gasteiger partial charge in [-0.15, -0.1) is 0 Å². The Balaban J connectivity index is 1.91. The monoisotopic (exact) mass is 252 g/mol. The average Bonchev–Trinajstić information content (AvgIpc) is 2.68. The Morgan fingerprint density at radius 1 is 1.00 bits per heavy atom. The third-order valence-electron chi connectivity index (χ3n) is 4.79. The highest BCUT2D eigenvalue weighted by atomic mass is 16.2. The van der Waals surface area contributed by atoms with Crippen LogP contribution in [-0.4, -0.2) is 36.5 Å². The summed E-state index contributed by atoms with van der Waals surface area (Å²) in [5.41, 5.74) is 0.0988. The Bertz CT molecular complexity index is 264. The molecule has 0 aromatic heterocycles. The summed E-state index contributed by atoms with van der Waals surface area (Å²) in [6.45, 7) is 1.97. The Kier molecular flexibility index (Phi) is 5.04. The van der Waals surface area contributed by atoms with Gasteiger partial charge in [0.05, 0.1) is 0 Å². The summed E-state index contributed by atoms with van der Waals surface area (Å²) in [5, 5.41) is 3.46. The van der Waals surface area contributed by atoms with Crippen LogP contribution in [0.15, 0.2) is 0 Å². The van der Waals surface area contributed by atoms with Crippen molar-refractivity contribution in [1.29, 1.82) is 0 Å². The molecule has 104 valence electrons. The zero-order valence-corrected chi connectivity index (χ0v) is 11.8. The van der Waals surface area contributed by atoms with Crippen LogP contribution >= 0.6 is 0 Å². The normalized spacial score (nSPS) is 24.6. The highest BCUT2D eigenvalue weighted by Gasteiger charge is 2.34. The van der Waals surface area contributed by atoms with Gasteiger partial charge in [0.2, 0.25) is 5.91 Å². The van der Waals surface area contributed by atoms with Crippen molar-refractivity contribution in [3.63, 3.8) is 0 Å². The Morgan fingerprint density at radius 3 is 2.11 bits per heavy atom. The van der Waals surface area contributed by atoms with Crippen LogP contribution in [-0.2, 0) is 4.79 Å². The molecule has 0 aromatic rings. The summed E-state index contributed by atoms with van der Waals surface area (Å²) >= 11 is 0. The van der Waals surface area contributed by atoms with Crippen LogP contribution in [0.25, 0.3) is 0 Å². The number of likely N-dealkylation sites (tertiary alicyclic amines) is 1. The second-order valence-corrected chi connectivity index (χ2v) is 6.06. The van der Waals surface area contributed by atoms with Crippen molar-refractivity contribution in [2.24, 2.45) is 0 Å². The number of carbonyl (C=O) groups is 1. The molecule has 3 heteroatoms. The molecule has 2 rings (SSSR count). The molecule has 1 heterocycles. The smallest absolute Gasteiger partial charge is 0.224 e. The molecule has 0 radical (unpaired) electrons. The van der Waals surface area contributed by atoms with Gasteiger partial charge in [-0.1, -0.05) is 32.1 Å². The summed E-state index contributed by atoms with van der Waals surface area (Å²) in [7, 11) is 2.03. The Morgan fingerprint density at radius 2 is 1.56 bits per heavy atom. The largest absolute Gasteiger partial charge is 0.343 e. The minimum Gasteiger partial charge on any atom is -0.343 e. The molecule has 2 fully saturated rings. The first-order valence-electron chi connectivity index (χ1n) is 7.72. The first-order valence-corrected chi connectivity index (χ1v) is 7.72. The summed E-state index contributed by atoms with van der Waals surface area (Å²) in [5.74, 6) is 0.383. The SMILES string of the molecule is CNC1(CC(=O)N2CCCCCC2)CCCCC1. The van der Waals surface area contributed by atoms with E-state index < -0.39 is 0 Å². The lowest BCUT2D eigenvalue weighted by atomic mass is 9.79. The van der Waals surface area contributed by atoms with Crippen molar-refractivity contribution in [2.75, 3.05) is 20.1 Å². The molecule has 1 saturated carbocycles. The van der Waals surface area contributed by atoms with Gasteiger partial charge in [0.1, 0.15) is 0 Å². The zero-order chi connectivity index (χ0) is 12.8. The molecule has 1 N–H and O–H groups in total. The van der Waals surface area contributed by atoms with Gasteiger partial charge < -0.3 is 10.2 Å². The number of amides is 1. The number of hydrogen-bond acceptors (Lipinski definition) is 2. The van der Waals surface area contributed by atoms with E-state index in [1.165, 1.54) is 57.8 Å². The average molecular weight is 252 g/mol. The number of nitrogens with one attached hydrogen (secondary N) is 1. The van der Waals surface area contributed by atoms with Crippen LogP contribution in [0.1, 0.15) is 64.2 Å². The lowest BCUT2D eigenvalue weighted by molar-refractivity contribution is -0.133. The van der Waals surface area contributed by atoms with E-state index in [1.54, 1.807) is 0 Å². The van der Waals surface area contributed by atoms with Gasteiger partial charge >= 0.3 is 0 Å². The van der Waals surface area contributed by atoms with Gasteiger partial charge in [-0.25, -0.2) is 0 Å². The van der Waals surface area contributed by atoms with E-state index in [4.69, 9.17) is 0 Å². The van der Waals surface area contributed by atoms with Gasteiger partial charge in [0.25, 0.3) is 0 Å². The van der Waals surface area contributed by atoms with Gasteiger partial charge in [-0.2, -0.15) is 0 Å². The third-order valence-corrected chi connectivity index (χ3v) is 4.79. The molecule has 1 aliphatic heterocycles. The number of nitrogens with zero attached hydrogens (tertiary/aromatic N) is 1. The highest BCUT2D eigenvalue weighted by molar-refractivity contribution is 5.77. The molecular formula is C15H28N2O. The topological polar surface area (TPSA) is 32.3 Å². The van der Waals surface area contributed by atoms with Crippen molar-refractivity contribution >= 4 is 5.91 Å². The van der Waals surface area contributed by atoms with Crippen LogP contribution in [0.2, 0.25) is 0 Å². The van der Waals surface area contributed by atoms with E-state index in [1.807, 2.05) is 7.05 Å². The highest BCUT2D eigenvalue weighted by Crippen LogP contribution is 2.31. The van der Waals surface area contributed by atoms with Gasteiger partial charge in [0.15, 0.2) is 0 Å². The zero-order valence-electron chi connectivity index (χ0n) is 11.8. The molecule has 0 unspecified atom stereocenters. The van der Waals surface area contributed by atoms with E-state index in [9.17, 15) is 4.79 Å². The number of rotatable bonds is 3. The molecule has 0 bridgehead atoms. The molecule has 0 atom stereocenters. The molecule has 1 aliphatic carbocycles. The van der Waals surface area contributed by atoms with Crippen LogP contribution < -0.4 is 5.32 Å². The van der Waals surface area contributed by atoms with Gasteiger partial charge in [-0.3, -0.25) is 4.79 Å². The fourth-order valence-electron chi connectivity index (χ4n) is 3.47. The fraction of sp³-hybridized carbons (Fsp3) is 0.933. The molecular weight excluding hydrogens is 224 g/mol. The summed E-state index contributed by atoms with van der Waals surface area (Å²) < 4.78 is 0. The predicted molar refractivity (Wildman–Crippen MR) is 74.5 cm³/mol. The van der Waals surface area contributed by atoms with E-state index in [0.29, 0.717) is 12.3 Å². The molecule has 18 heavy (non-hydrogen) atoms. The van der Waals surface area contributed by atoms with E-state index in [2.05, 4.69) is 10.2 Å². The second-order valence-electron chi connectivity index (χ2n) is 6.06. The summed E-state index contributed by atoms with van der Waals surface area (Å²) in [6, 6.07) is 0. The maximum atomic E-state index is 12.5. The molecule has 1 saturated heterocycles. The summed E-state index contributed by atoms with van der Waals surface area (Å²) in [6.07, 6.45) is 11.9. The predicted octanol–water partition coefficient (Wildman–Crippen LogP) is 2.70. The van der Waals surface area contributed by atoms with Crippen molar-refractivity contribution in [1.82, 2.24) is 10.2 Å². The van der Waals surface area contributed by atoms with Gasteiger partial charge in [-0.05, 0) is 32.7 Å². The molecule has 3 nitrogen and oxygen atoms in total. The minimum atomic E-state index is 0.0988. The first kappa shape index (κ1) is 13.9. The van der Waals surface area contributed by atoms with Gasteiger partial charge in [0, 0.05) is 25.0 Å². The second kappa shape index (κ2) is 6.55. The van der Waals surface area contributed by atoms with E-state index >= 15 is 0 Å². The molecule has 2 aliphatic rings. The summed E-state index contributed by atoms with van der Waals surface area (Å²) in [4.78, 5) is 14.6. The fourth-order valence-corrected chi connectivity index (χ4v) is 3.47. The molecule has 0 spiro atoms. The van der Waals surface area contributed by atoms with Crippen LogP contribution in [0.5, 0.6) is 0 Å². The third kappa shape index (κ3) is 3.47. The van der Waals surface area contributed by atoms with Crippen LogP contribution in [0.3, 0.4) is 0 Å². The Labute approximate surface area is 111 Å². The number of carbonyl (C=O) groups excluding carboxylic acids is 1. The standard InChI is InChI=1S/C15H28N2O/c1-16-15(9-5-4-6-10-15)13-14(18)17-11-7-2-3-8-12-17/h16H,2-13H2,1H3. The van der Waals surface area contributed by atoms with Crippen molar-refractivity contribution < 1.29 is 4.79 Å². The lowest BCUT2D eigenvalue weighted by Gasteiger charge is -2.38. The van der Waals surface area contributed by atoms with Crippen LogP contribution in [0.4, 0.5) is 0 Å². The molecule has 1 amide bonds. The van der Waals surface area contributed by atoms with Crippen molar-refractivity contribution in [3.8, 4) is 0 Å².